The number of aromatic nitrogens is 2. The fourth-order valence-corrected chi connectivity index (χ4v) is 4.60. The number of nitrogens with one attached hydrogen (secondary N) is 2. The molecule has 0 unspecified atom stereocenters. The van der Waals surface area contributed by atoms with E-state index in [4.69, 9.17) is 15.2 Å². The van der Waals surface area contributed by atoms with E-state index in [9.17, 15) is 14.4 Å². The zero-order valence-electron chi connectivity index (χ0n) is 18.1. The molecule has 4 aromatic rings. The number of nitrogens with two attached hydrogens (primary N) is 1. The molecule has 10 nitrogen and oxygen atoms in total. The molecule has 2 amide bonds. The number of aryl methyl sites for hydroxylation is 1. The maximum Gasteiger partial charge on any atom is 0.338 e. The molecule has 3 heterocycles. The Labute approximate surface area is 201 Å². The number of esters is 1. The smallest absolute Gasteiger partial charge is 0.338 e. The number of nitrogen functional groups attached to an aromatic ring is 1. The number of thiophene rings is 1. The highest BCUT2D eigenvalue weighted by molar-refractivity contribution is 7.21. The normalized spacial score (nSPS) is 10.6. The summed E-state index contributed by atoms with van der Waals surface area (Å²) in [6.45, 7) is 1.37. The maximum absolute atomic E-state index is 13.0. The van der Waals surface area contributed by atoms with E-state index < -0.39 is 24.4 Å². The Morgan fingerprint density at radius 3 is 2.71 bits per heavy atom. The molecule has 4 rings (SSSR count). The van der Waals surface area contributed by atoms with Gasteiger partial charge in [-0.3, -0.25) is 14.9 Å². The molecular formula is C22H19N5O5S2. The van der Waals surface area contributed by atoms with E-state index in [-0.39, 0.29) is 11.3 Å². The van der Waals surface area contributed by atoms with E-state index in [2.05, 4.69) is 20.6 Å². The Hall–Kier alpha value is -4.03. The fraction of sp³-hybridized carbons (Fsp3) is 0.136. The lowest BCUT2D eigenvalue weighted by Gasteiger charge is -2.12. The van der Waals surface area contributed by atoms with Gasteiger partial charge < -0.3 is 20.5 Å². The number of hydrogen-bond donors (Lipinski definition) is 3. The lowest BCUT2D eigenvalue weighted by atomic mass is 10.1. The number of rotatable bonds is 7. The Morgan fingerprint density at radius 1 is 1.15 bits per heavy atom. The van der Waals surface area contributed by atoms with Crippen molar-refractivity contribution in [3.05, 3.63) is 58.0 Å². The van der Waals surface area contributed by atoms with Crippen LogP contribution in [0.15, 0.2) is 41.9 Å². The first kappa shape index (κ1) is 23.1. The van der Waals surface area contributed by atoms with Crippen molar-refractivity contribution >= 4 is 67.2 Å². The number of benzene rings is 1. The minimum atomic E-state index is -0.742. The summed E-state index contributed by atoms with van der Waals surface area (Å²) in [5, 5.41) is 8.06. The number of methoxy groups -OCH3 is 1. The highest BCUT2D eigenvalue weighted by Gasteiger charge is 2.20. The van der Waals surface area contributed by atoms with E-state index in [0.717, 1.165) is 5.69 Å². The summed E-state index contributed by atoms with van der Waals surface area (Å²) in [5.74, 6) is -1.40. The highest BCUT2D eigenvalue weighted by atomic mass is 32.1. The average molecular weight is 498 g/mol. The zero-order valence-corrected chi connectivity index (χ0v) is 19.7. The van der Waals surface area contributed by atoms with E-state index in [1.807, 2.05) is 19.1 Å². The highest BCUT2D eigenvalue weighted by Crippen LogP contribution is 2.34. The summed E-state index contributed by atoms with van der Waals surface area (Å²) in [7, 11) is 1.44. The van der Waals surface area contributed by atoms with Crippen LogP contribution in [-0.4, -0.2) is 41.5 Å². The zero-order chi connectivity index (χ0) is 24.2. The third-order valence-corrected chi connectivity index (χ3v) is 6.44. The van der Waals surface area contributed by atoms with Crippen molar-refractivity contribution in [2.75, 3.05) is 30.1 Å². The van der Waals surface area contributed by atoms with Gasteiger partial charge in [-0.1, -0.05) is 0 Å². The molecule has 0 atom stereocenters. The van der Waals surface area contributed by atoms with Crippen molar-refractivity contribution in [3.63, 3.8) is 0 Å². The van der Waals surface area contributed by atoms with Crippen molar-refractivity contribution in [1.29, 1.82) is 0 Å². The molecular weight excluding hydrogens is 478 g/mol. The molecule has 4 N–H and O–H groups in total. The molecule has 0 radical (unpaired) electrons. The number of carbonyl (C=O) groups is 3. The molecule has 0 bridgehead atoms. The van der Waals surface area contributed by atoms with Crippen molar-refractivity contribution in [2.45, 2.75) is 6.92 Å². The minimum Gasteiger partial charge on any atom is -0.495 e. The molecule has 1 aromatic carbocycles. The van der Waals surface area contributed by atoms with Crippen molar-refractivity contribution < 1.29 is 23.9 Å². The van der Waals surface area contributed by atoms with Crippen LogP contribution >= 0.6 is 22.7 Å². The number of pyridine rings is 1. The number of amides is 2. The van der Waals surface area contributed by atoms with Gasteiger partial charge in [0.1, 0.15) is 15.5 Å². The summed E-state index contributed by atoms with van der Waals surface area (Å²) >= 11 is 2.42. The maximum atomic E-state index is 13.0. The van der Waals surface area contributed by atoms with Crippen LogP contribution < -0.4 is 21.1 Å². The summed E-state index contributed by atoms with van der Waals surface area (Å²) in [6, 6.07) is 8.03. The number of fused-ring (bicyclic) bond motifs is 1. The van der Waals surface area contributed by atoms with Crippen LogP contribution in [0.5, 0.6) is 5.75 Å². The standard InChI is InChI=1S/C22H19N5O5S2/c1-11-3-5-13-17(23)18(34-20(13)25-11)19(29)26-14-9-12(4-6-15(14)31-2)21(30)32-10-16(28)27-22-24-7-8-33-22/h3-9H,10,23H2,1-2H3,(H,26,29)(H,24,27,28). The largest absolute Gasteiger partial charge is 0.495 e. The number of anilines is 3. The topological polar surface area (TPSA) is 146 Å². The second-order valence-electron chi connectivity index (χ2n) is 6.98. The average Bonchev–Trinajstić information content (AvgIpc) is 3.44. The number of thiazole rings is 1. The first-order chi connectivity index (χ1) is 16.4. The molecule has 34 heavy (non-hydrogen) atoms. The van der Waals surface area contributed by atoms with Crippen LogP contribution in [0.4, 0.5) is 16.5 Å². The monoisotopic (exact) mass is 497 g/mol. The van der Waals surface area contributed by atoms with Crippen LogP contribution in [0, 0.1) is 6.92 Å². The first-order valence-corrected chi connectivity index (χ1v) is 11.6. The molecule has 3 aromatic heterocycles. The summed E-state index contributed by atoms with van der Waals surface area (Å²) in [6.07, 6.45) is 1.55. The Morgan fingerprint density at radius 2 is 1.97 bits per heavy atom. The molecule has 0 aliphatic rings. The predicted molar refractivity (Wildman–Crippen MR) is 131 cm³/mol. The third-order valence-electron chi connectivity index (χ3n) is 4.64. The van der Waals surface area contributed by atoms with Crippen LogP contribution in [0.3, 0.4) is 0 Å². The van der Waals surface area contributed by atoms with E-state index in [1.165, 1.54) is 48.0 Å². The van der Waals surface area contributed by atoms with Gasteiger partial charge in [0.05, 0.1) is 24.0 Å². The molecule has 12 heteroatoms. The van der Waals surface area contributed by atoms with Crippen LogP contribution in [0.2, 0.25) is 0 Å². The van der Waals surface area contributed by atoms with E-state index in [0.29, 0.717) is 31.7 Å². The summed E-state index contributed by atoms with van der Waals surface area (Å²) in [5.41, 5.74) is 7.68. The van der Waals surface area contributed by atoms with Crippen LogP contribution in [0.25, 0.3) is 10.2 Å². The fourth-order valence-electron chi connectivity index (χ4n) is 3.02. The minimum absolute atomic E-state index is 0.125. The van der Waals surface area contributed by atoms with E-state index in [1.54, 1.807) is 11.6 Å². The molecule has 0 aliphatic heterocycles. The van der Waals surface area contributed by atoms with Gasteiger partial charge in [0.25, 0.3) is 11.8 Å². The molecule has 0 fully saturated rings. The van der Waals surface area contributed by atoms with Crippen molar-refractivity contribution in [3.8, 4) is 5.75 Å². The second kappa shape index (κ2) is 9.85. The molecule has 0 saturated heterocycles. The lowest BCUT2D eigenvalue weighted by molar-refractivity contribution is -0.119. The lowest BCUT2D eigenvalue weighted by Crippen LogP contribution is -2.21. The van der Waals surface area contributed by atoms with Gasteiger partial charge in [-0.25, -0.2) is 14.8 Å². The number of nitrogens with zero attached hydrogens (tertiary/aromatic N) is 2. The molecule has 0 aliphatic carbocycles. The van der Waals surface area contributed by atoms with Gasteiger partial charge in [0.2, 0.25) is 0 Å². The van der Waals surface area contributed by atoms with Gasteiger partial charge in [-0.2, -0.15) is 0 Å². The number of carbonyl (C=O) groups excluding carboxylic acids is 3. The first-order valence-electron chi connectivity index (χ1n) is 9.87. The Kier molecular flexibility index (Phi) is 6.70. The SMILES string of the molecule is COc1ccc(C(=O)OCC(=O)Nc2nccs2)cc1NC(=O)c1sc2nc(C)ccc2c1N. The molecule has 0 saturated carbocycles. The summed E-state index contributed by atoms with van der Waals surface area (Å²) in [4.78, 5) is 46.7. The van der Waals surface area contributed by atoms with Gasteiger partial charge >= 0.3 is 5.97 Å². The van der Waals surface area contributed by atoms with Gasteiger partial charge in [0, 0.05) is 22.7 Å². The van der Waals surface area contributed by atoms with Crippen LogP contribution in [0.1, 0.15) is 25.7 Å². The number of ether oxygens (including phenoxy) is 2. The van der Waals surface area contributed by atoms with Gasteiger partial charge in [0.15, 0.2) is 11.7 Å². The van der Waals surface area contributed by atoms with Gasteiger partial charge in [-0.05, 0) is 37.3 Å². The van der Waals surface area contributed by atoms with Crippen molar-refractivity contribution in [1.82, 2.24) is 9.97 Å². The Bertz CT molecular complexity index is 1380. The second-order valence-corrected chi connectivity index (χ2v) is 8.87. The molecule has 0 spiro atoms. The van der Waals surface area contributed by atoms with Crippen molar-refractivity contribution in [2.24, 2.45) is 0 Å². The number of hydrogen-bond acceptors (Lipinski definition) is 10. The van der Waals surface area contributed by atoms with E-state index >= 15 is 0 Å². The quantitative estimate of drug-likeness (QED) is 0.328. The Balaban J connectivity index is 1.49. The predicted octanol–water partition coefficient (Wildman–Crippen LogP) is 3.70. The van der Waals surface area contributed by atoms with Crippen LogP contribution in [-0.2, 0) is 9.53 Å². The van der Waals surface area contributed by atoms with Gasteiger partial charge in [-0.15, -0.1) is 22.7 Å². The molecule has 174 valence electrons. The third kappa shape index (κ3) is 4.97. The summed E-state index contributed by atoms with van der Waals surface area (Å²) < 4.78 is 10.4.